The topological polar surface area (TPSA) is 46.9 Å². The molecular formula is C14H22ClN3O. The summed E-state index contributed by atoms with van der Waals surface area (Å²) in [5, 5.41) is 7.89. The second-order valence-corrected chi connectivity index (χ2v) is 5.92. The fourth-order valence-electron chi connectivity index (χ4n) is 2.57. The third-order valence-corrected chi connectivity index (χ3v) is 3.91. The van der Waals surface area contributed by atoms with E-state index in [2.05, 4.69) is 10.4 Å². The first-order valence-corrected chi connectivity index (χ1v) is 7.51. The van der Waals surface area contributed by atoms with Gasteiger partial charge in [-0.05, 0) is 12.8 Å². The van der Waals surface area contributed by atoms with E-state index in [0.29, 0.717) is 17.6 Å². The zero-order valence-corrected chi connectivity index (χ0v) is 12.2. The van der Waals surface area contributed by atoms with E-state index in [1.807, 2.05) is 6.92 Å². The van der Waals surface area contributed by atoms with Gasteiger partial charge in [0.1, 0.15) is 0 Å². The van der Waals surface area contributed by atoms with Crippen molar-refractivity contribution in [2.45, 2.75) is 58.0 Å². The second-order valence-electron chi connectivity index (χ2n) is 5.48. The Bertz CT molecular complexity index is 411. The SMILES string of the molecule is CC(Cn1cc(Cl)cn1)C(=O)NC1CCCCCC1. The minimum absolute atomic E-state index is 0.0841. The van der Waals surface area contributed by atoms with E-state index >= 15 is 0 Å². The first kappa shape index (κ1) is 14.4. The molecule has 0 saturated heterocycles. The summed E-state index contributed by atoms with van der Waals surface area (Å²) < 4.78 is 1.72. The van der Waals surface area contributed by atoms with Crippen molar-refractivity contribution in [1.82, 2.24) is 15.1 Å². The molecule has 0 spiro atoms. The van der Waals surface area contributed by atoms with Gasteiger partial charge in [-0.25, -0.2) is 0 Å². The summed E-state index contributed by atoms with van der Waals surface area (Å²) in [4.78, 5) is 12.1. The van der Waals surface area contributed by atoms with E-state index in [1.165, 1.54) is 25.7 Å². The average Bonchev–Trinajstić information content (AvgIpc) is 2.64. The first-order chi connectivity index (χ1) is 9.15. The van der Waals surface area contributed by atoms with Gasteiger partial charge in [-0.3, -0.25) is 9.48 Å². The Morgan fingerprint density at radius 1 is 1.47 bits per heavy atom. The van der Waals surface area contributed by atoms with Crippen molar-refractivity contribution >= 4 is 17.5 Å². The van der Waals surface area contributed by atoms with Gasteiger partial charge in [-0.2, -0.15) is 5.10 Å². The molecule has 1 N–H and O–H groups in total. The third kappa shape index (κ3) is 4.53. The van der Waals surface area contributed by atoms with Gasteiger partial charge >= 0.3 is 0 Å². The standard InChI is InChI=1S/C14H22ClN3O/c1-11(9-18-10-12(15)8-16-18)14(19)17-13-6-4-2-3-5-7-13/h8,10-11,13H,2-7,9H2,1H3,(H,17,19). The highest BCUT2D eigenvalue weighted by Crippen LogP contribution is 2.17. The maximum atomic E-state index is 12.1. The number of rotatable bonds is 4. The van der Waals surface area contributed by atoms with Gasteiger partial charge in [0.2, 0.25) is 5.91 Å². The van der Waals surface area contributed by atoms with E-state index < -0.39 is 0 Å². The van der Waals surface area contributed by atoms with E-state index in [0.717, 1.165) is 12.8 Å². The van der Waals surface area contributed by atoms with Crippen molar-refractivity contribution in [1.29, 1.82) is 0 Å². The molecule has 0 radical (unpaired) electrons. The average molecular weight is 284 g/mol. The Labute approximate surface area is 119 Å². The van der Waals surface area contributed by atoms with Gasteiger partial charge in [0, 0.05) is 12.2 Å². The van der Waals surface area contributed by atoms with Crippen LogP contribution in [0.2, 0.25) is 5.02 Å². The van der Waals surface area contributed by atoms with Crippen LogP contribution in [0.4, 0.5) is 0 Å². The Hall–Kier alpha value is -1.03. The summed E-state index contributed by atoms with van der Waals surface area (Å²) in [5.74, 6) is 0.0396. The number of amides is 1. The van der Waals surface area contributed by atoms with Gasteiger partial charge in [-0.1, -0.05) is 44.2 Å². The first-order valence-electron chi connectivity index (χ1n) is 7.13. The van der Waals surface area contributed by atoms with E-state index in [-0.39, 0.29) is 11.8 Å². The number of nitrogens with zero attached hydrogens (tertiary/aromatic N) is 2. The second kappa shape index (κ2) is 6.94. The molecular weight excluding hydrogens is 262 g/mol. The molecule has 1 heterocycles. The van der Waals surface area contributed by atoms with Crippen LogP contribution < -0.4 is 5.32 Å². The minimum atomic E-state index is -0.0841. The van der Waals surface area contributed by atoms with Crippen LogP contribution in [0.25, 0.3) is 0 Å². The van der Waals surface area contributed by atoms with Crippen molar-refractivity contribution in [3.05, 3.63) is 17.4 Å². The third-order valence-electron chi connectivity index (χ3n) is 3.71. The molecule has 1 aliphatic rings. The van der Waals surface area contributed by atoms with Crippen LogP contribution >= 0.6 is 11.6 Å². The summed E-state index contributed by atoms with van der Waals surface area (Å²) >= 11 is 5.81. The van der Waals surface area contributed by atoms with Crippen LogP contribution in [0, 0.1) is 5.92 Å². The number of halogens is 1. The molecule has 1 fully saturated rings. The lowest BCUT2D eigenvalue weighted by molar-refractivity contribution is -0.125. The zero-order chi connectivity index (χ0) is 13.7. The molecule has 19 heavy (non-hydrogen) atoms. The summed E-state index contributed by atoms with van der Waals surface area (Å²) in [6.45, 7) is 2.51. The minimum Gasteiger partial charge on any atom is -0.353 e. The molecule has 1 aromatic rings. The molecule has 0 aliphatic heterocycles. The fourth-order valence-corrected chi connectivity index (χ4v) is 2.73. The quantitative estimate of drug-likeness (QED) is 0.864. The van der Waals surface area contributed by atoms with Gasteiger partial charge < -0.3 is 5.32 Å². The van der Waals surface area contributed by atoms with Crippen LogP contribution in [-0.2, 0) is 11.3 Å². The monoisotopic (exact) mass is 283 g/mol. The number of carbonyl (C=O) groups excluding carboxylic acids is 1. The summed E-state index contributed by atoms with van der Waals surface area (Å²) in [7, 11) is 0. The van der Waals surface area contributed by atoms with Crippen molar-refractivity contribution in [2.24, 2.45) is 5.92 Å². The van der Waals surface area contributed by atoms with Crippen LogP contribution in [0.5, 0.6) is 0 Å². The zero-order valence-electron chi connectivity index (χ0n) is 11.4. The smallest absolute Gasteiger partial charge is 0.224 e. The molecule has 1 aliphatic carbocycles. The number of aromatic nitrogens is 2. The number of carbonyl (C=O) groups is 1. The van der Waals surface area contributed by atoms with Crippen molar-refractivity contribution in [3.8, 4) is 0 Å². The molecule has 1 saturated carbocycles. The van der Waals surface area contributed by atoms with Gasteiger partial charge in [-0.15, -0.1) is 0 Å². The molecule has 1 atom stereocenters. The van der Waals surface area contributed by atoms with Crippen LogP contribution in [0.15, 0.2) is 12.4 Å². The van der Waals surface area contributed by atoms with Gasteiger partial charge in [0.05, 0.1) is 23.7 Å². The normalized spacial score (nSPS) is 18.8. The van der Waals surface area contributed by atoms with E-state index in [1.54, 1.807) is 17.1 Å². The van der Waals surface area contributed by atoms with Crippen molar-refractivity contribution in [2.75, 3.05) is 0 Å². The maximum absolute atomic E-state index is 12.1. The van der Waals surface area contributed by atoms with Crippen molar-refractivity contribution < 1.29 is 4.79 Å². The summed E-state index contributed by atoms with van der Waals surface area (Å²) in [6.07, 6.45) is 10.6. The molecule has 1 unspecified atom stereocenters. The predicted molar refractivity (Wildman–Crippen MR) is 76.0 cm³/mol. The molecule has 2 rings (SSSR count). The Morgan fingerprint density at radius 3 is 2.74 bits per heavy atom. The molecule has 0 bridgehead atoms. The lowest BCUT2D eigenvalue weighted by Gasteiger charge is -2.19. The Morgan fingerprint density at radius 2 is 2.16 bits per heavy atom. The van der Waals surface area contributed by atoms with Crippen LogP contribution in [0.3, 0.4) is 0 Å². The number of hydrogen-bond acceptors (Lipinski definition) is 2. The molecule has 4 nitrogen and oxygen atoms in total. The summed E-state index contributed by atoms with van der Waals surface area (Å²) in [6, 6.07) is 0.360. The molecule has 0 aromatic carbocycles. The maximum Gasteiger partial charge on any atom is 0.224 e. The van der Waals surface area contributed by atoms with E-state index in [9.17, 15) is 4.79 Å². The molecule has 5 heteroatoms. The number of hydrogen-bond donors (Lipinski definition) is 1. The van der Waals surface area contributed by atoms with E-state index in [4.69, 9.17) is 11.6 Å². The lowest BCUT2D eigenvalue weighted by atomic mass is 10.1. The molecule has 106 valence electrons. The Kier molecular flexibility index (Phi) is 5.25. The highest BCUT2D eigenvalue weighted by molar-refractivity contribution is 6.30. The highest BCUT2D eigenvalue weighted by Gasteiger charge is 2.19. The fraction of sp³-hybridized carbons (Fsp3) is 0.714. The lowest BCUT2D eigenvalue weighted by Crippen LogP contribution is -2.39. The van der Waals surface area contributed by atoms with Gasteiger partial charge in [0.25, 0.3) is 0 Å². The highest BCUT2D eigenvalue weighted by atomic mass is 35.5. The summed E-state index contributed by atoms with van der Waals surface area (Å²) in [5.41, 5.74) is 0. The van der Waals surface area contributed by atoms with Gasteiger partial charge in [0.15, 0.2) is 0 Å². The largest absolute Gasteiger partial charge is 0.353 e. The Balaban J connectivity index is 1.81. The van der Waals surface area contributed by atoms with Crippen LogP contribution in [-0.4, -0.2) is 21.7 Å². The number of nitrogens with one attached hydrogen (secondary N) is 1. The molecule has 1 amide bonds. The predicted octanol–water partition coefficient (Wildman–Crippen LogP) is 3.01. The van der Waals surface area contributed by atoms with Crippen molar-refractivity contribution in [3.63, 3.8) is 0 Å². The van der Waals surface area contributed by atoms with Crippen LogP contribution in [0.1, 0.15) is 45.4 Å². The molecule has 1 aromatic heterocycles.